The minimum atomic E-state index is -0.246. The minimum absolute atomic E-state index is 0.0869. The van der Waals surface area contributed by atoms with E-state index in [1.54, 1.807) is 36.0 Å². The van der Waals surface area contributed by atoms with Crippen molar-refractivity contribution in [3.63, 3.8) is 0 Å². The van der Waals surface area contributed by atoms with Crippen molar-refractivity contribution in [2.75, 3.05) is 11.9 Å². The summed E-state index contributed by atoms with van der Waals surface area (Å²) in [6, 6.07) is 7.24. The number of thiophene rings is 1. The van der Waals surface area contributed by atoms with Crippen molar-refractivity contribution in [2.45, 2.75) is 25.7 Å². The first-order chi connectivity index (χ1) is 13.2. The molecule has 1 aliphatic carbocycles. The number of anilines is 1. The Bertz CT molecular complexity index is 1020. The van der Waals surface area contributed by atoms with Crippen molar-refractivity contribution in [2.24, 2.45) is 5.10 Å². The Morgan fingerprint density at radius 2 is 2.19 bits per heavy atom. The molecule has 8 heteroatoms. The van der Waals surface area contributed by atoms with Crippen LogP contribution in [0.15, 0.2) is 35.7 Å². The number of fused-ring (bicyclic) bond motifs is 3. The topological polar surface area (TPSA) is 79.3 Å². The Kier molecular flexibility index (Phi) is 5.31. The number of hydrazone groups is 1. The van der Waals surface area contributed by atoms with E-state index in [9.17, 15) is 4.79 Å². The number of amides is 1. The van der Waals surface area contributed by atoms with E-state index in [0.717, 1.165) is 28.6 Å². The van der Waals surface area contributed by atoms with Crippen LogP contribution >= 0.6 is 22.9 Å². The molecule has 2 heterocycles. The Balaban J connectivity index is 1.41. The Morgan fingerprint density at radius 1 is 1.30 bits per heavy atom. The van der Waals surface area contributed by atoms with Crippen LogP contribution in [0.4, 0.5) is 5.82 Å². The predicted molar refractivity (Wildman–Crippen MR) is 110 cm³/mol. The highest BCUT2D eigenvalue weighted by Crippen LogP contribution is 2.37. The minimum Gasteiger partial charge on any atom is -0.360 e. The molecular weight excluding hydrogens is 382 g/mol. The largest absolute Gasteiger partial charge is 0.360 e. The zero-order chi connectivity index (χ0) is 18.6. The van der Waals surface area contributed by atoms with Gasteiger partial charge >= 0.3 is 0 Å². The number of aryl methyl sites for hydroxylation is 2. The molecule has 1 aliphatic rings. The normalized spacial score (nSPS) is 13.7. The van der Waals surface area contributed by atoms with Crippen molar-refractivity contribution >= 4 is 51.1 Å². The van der Waals surface area contributed by atoms with E-state index in [1.807, 2.05) is 12.1 Å². The zero-order valence-electron chi connectivity index (χ0n) is 14.5. The standard InChI is InChI=1S/C19H18ClN5OS/c20-13-5-3-4-12(8-13)9-24-25-16(26)10-21-18-17-14-6-1-2-7-15(14)27-19(17)23-11-22-18/h3-5,8-9,11H,1-2,6-7,10H2,(H,25,26)(H,21,22,23). The van der Waals surface area contributed by atoms with E-state index in [1.165, 1.54) is 23.3 Å². The smallest absolute Gasteiger partial charge is 0.259 e. The van der Waals surface area contributed by atoms with Gasteiger partial charge in [0.15, 0.2) is 0 Å². The van der Waals surface area contributed by atoms with Gasteiger partial charge in [0.05, 0.1) is 18.1 Å². The summed E-state index contributed by atoms with van der Waals surface area (Å²) in [7, 11) is 0. The Morgan fingerprint density at radius 3 is 3.07 bits per heavy atom. The van der Waals surface area contributed by atoms with Gasteiger partial charge in [0, 0.05) is 9.90 Å². The number of halogens is 1. The molecule has 138 valence electrons. The molecule has 1 amide bonds. The van der Waals surface area contributed by atoms with Crippen LogP contribution in [0.25, 0.3) is 10.2 Å². The number of carbonyl (C=O) groups is 1. The van der Waals surface area contributed by atoms with Gasteiger partial charge in [-0.05, 0) is 48.9 Å². The van der Waals surface area contributed by atoms with Gasteiger partial charge in [-0.1, -0.05) is 23.7 Å². The first-order valence-corrected chi connectivity index (χ1v) is 9.97. The van der Waals surface area contributed by atoms with E-state index in [-0.39, 0.29) is 12.5 Å². The fourth-order valence-electron chi connectivity index (χ4n) is 3.19. The fourth-order valence-corrected chi connectivity index (χ4v) is 4.62. The van der Waals surface area contributed by atoms with Gasteiger partial charge in [-0.3, -0.25) is 4.79 Å². The van der Waals surface area contributed by atoms with Gasteiger partial charge < -0.3 is 5.32 Å². The van der Waals surface area contributed by atoms with Gasteiger partial charge in [-0.2, -0.15) is 5.10 Å². The highest BCUT2D eigenvalue weighted by atomic mass is 35.5. The van der Waals surface area contributed by atoms with Crippen LogP contribution in [-0.4, -0.2) is 28.6 Å². The Hall–Kier alpha value is -2.51. The lowest BCUT2D eigenvalue weighted by atomic mass is 9.97. The average Bonchev–Trinajstić information content (AvgIpc) is 3.05. The lowest BCUT2D eigenvalue weighted by molar-refractivity contribution is -0.119. The molecule has 0 radical (unpaired) electrons. The molecule has 2 N–H and O–H groups in total. The molecule has 4 rings (SSSR count). The number of aromatic nitrogens is 2. The number of rotatable bonds is 5. The number of hydrogen-bond acceptors (Lipinski definition) is 6. The molecule has 0 atom stereocenters. The molecule has 2 aromatic heterocycles. The summed E-state index contributed by atoms with van der Waals surface area (Å²) in [4.78, 5) is 23.2. The number of nitrogens with one attached hydrogen (secondary N) is 2. The van der Waals surface area contributed by atoms with Crippen molar-refractivity contribution in [3.8, 4) is 0 Å². The van der Waals surface area contributed by atoms with Crippen molar-refractivity contribution < 1.29 is 4.79 Å². The van der Waals surface area contributed by atoms with Crippen LogP contribution in [0.2, 0.25) is 5.02 Å². The monoisotopic (exact) mass is 399 g/mol. The third kappa shape index (κ3) is 4.09. The summed E-state index contributed by atoms with van der Waals surface area (Å²) >= 11 is 7.66. The van der Waals surface area contributed by atoms with Crippen LogP contribution in [-0.2, 0) is 17.6 Å². The second-order valence-corrected chi connectivity index (χ2v) is 7.84. The molecule has 0 bridgehead atoms. The first kappa shape index (κ1) is 17.9. The van der Waals surface area contributed by atoms with Gasteiger partial charge in [0.2, 0.25) is 0 Å². The van der Waals surface area contributed by atoms with E-state index >= 15 is 0 Å². The summed E-state index contributed by atoms with van der Waals surface area (Å²) in [5.74, 6) is 0.470. The molecule has 6 nitrogen and oxygen atoms in total. The quantitative estimate of drug-likeness (QED) is 0.505. The zero-order valence-corrected chi connectivity index (χ0v) is 16.1. The lowest BCUT2D eigenvalue weighted by Gasteiger charge is -2.12. The van der Waals surface area contributed by atoms with E-state index in [0.29, 0.717) is 10.8 Å². The van der Waals surface area contributed by atoms with Gasteiger partial charge in [-0.15, -0.1) is 11.3 Å². The number of hydrogen-bond donors (Lipinski definition) is 2. The van der Waals surface area contributed by atoms with Crippen LogP contribution < -0.4 is 10.7 Å². The molecular formula is C19H18ClN5OS. The summed E-state index contributed by atoms with van der Waals surface area (Å²) in [6.07, 6.45) is 7.67. The maximum absolute atomic E-state index is 12.1. The molecule has 0 saturated carbocycles. The predicted octanol–water partition coefficient (Wildman–Crippen LogP) is 3.79. The highest BCUT2D eigenvalue weighted by molar-refractivity contribution is 7.19. The number of benzene rings is 1. The SMILES string of the molecule is O=C(CNc1ncnc2sc3c(c12)CCCC3)NN=Cc1cccc(Cl)c1. The highest BCUT2D eigenvalue weighted by Gasteiger charge is 2.19. The Labute approximate surface area is 165 Å². The van der Waals surface area contributed by atoms with Crippen LogP contribution in [0.3, 0.4) is 0 Å². The summed E-state index contributed by atoms with van der Waals surface area (Å²) in [5, 5.41) is 8.78. The average molecular weight is 400 g/mol. The maximum Gasteiger partial charge on any atom is 0.259 e. The van der Waals surface area contributed by atoms with Crippen LogP contribution in [0.1, 0.15) is 28.8 Å². The molecule has 0 unspecified atom stereocenters. The molecule has 1 aromatic carbocycles. The van der Waals surface area contributed by atoms with E-state index in [4.69, 9.17) is 11.6 Å². The van der Waals surface area contributed by atoms with Crippen LogP contribution in [0.5, 0.6) is 0 Å². The van der Waals surface area contributed by atoms with Crippen LogP contribution in [0, 0.1) is 0 Å². The fraction of sp³-hybridized carbons (Fsp3) is 0.263. The van der Waals surface area contributed by atoms with Gasteiger partial charge in [0.1, 0.15) is 17.0 Å². The lowest BCUT2D eigenvalue weighted by Crippen LogP contribution is -2.26. The molecule has 27 heavy (non-hydrogen) atoms. The van der Waals surface area contributed by atoms with Crippen molar-refractivity contribution in [1.82, 2.24) is 15.4 Å². The number of carbonyl (C=O) groups excluding carboxylic acids is 1. The second-order valence-electron chi connectivity index (χ2n) is 6.32. The molecule has 0 saturated heterocycles. The first-order valence-electron chi connectivity index (χ1n) is 8.77. The summed E-state index contributed by atoms with van der Waals surface area (Å²) in [5.41, 5.74) is 4.66. The summed E-state index contributed by atoms with van der Waals surface area (Å²) in [6.45, 7) is 0.0869. The third-order valence-corrected chi connectivity index (χ3v) is 5.85. The second kappa shape index (κ2) is 8.02. The molecule has 3 aromatic rings. The third-order valence-electron chi connectivity index (χ3n) is 4.42. The number of nitrogens with zero attached hydrogens (tertiary/aromatic N) is 3. The molecule has 0 fully saturated rings. The molecule has 0 spiro atoms. The van der Waals surface area contributed by atoms with E-state index in [2.05, 4.69) is 25.8 Å². The van der Waals surface area contributed by atoms with Gasteiger partial charge in [-0.25, -0.2) is 15.4 Å². The summed E-state index contributed by atoms with van der Waals surface area (Å²) < 4.78 is 0. The molecule has 0 aliphatic heterocycles. The maximum atomic E-state index is 12.1. The van der Waals surface area contributed by atoms with E-state index < -0.39 is 0 Å². The van der Waals surface area contributed by atoms with Gasteiger partial charge in [0.25, 0.3) is 5.91 Å². The van der Waals surface area contributed by atoms with Crippen molar-refractivity contribution in [1.29, 1.82) is 0 Å². The van der Waals surface area contributed by atoms with Crippen molar-refractivity contribution in [3.05, 3.63) is 51.6 Å².